The molecular formula is C46H33NS2. The molecule has 10 rings (SSSR count). The molecule has 0 bridgehead atoms. The minimum Gasteiger partial charge on any atom is -0.310 e. The van der Waals surface area contributed by atoms with Gasteiger partial charge in [-0.05, 0) is 105 Å². The Morgan fingerprint density at radius 1 is 0.449 bits per heavy atom. The molecule has 1 aliphatic rings. The van der Waals surface area contributed by atoms with E-state index in [-0.39, 0.29) is 0 Å². The van der Waals surface area contributed by atoms with E-state index in [0.29, 0.717) is 0 Å². The molecule has 234 valence electrons. The van der Waals surface area contributed by atoms with E-state index >= 15 is 0 Å². The van der Waals surface area contributed by atoms with Gasteiger partial charge in [-0.2, -0.15) is 10.0 Å². The van der Waals surface area contributed by atoms with Crippen LogP contribution in [0.1, 0.15) is 0 Å². The van der Waals surface area contributed by atoms with Crippen molar-refractivity contribution in [2.45, 2.75) is 9.79 Å². The maximum Gasteiger partial charge on any atom is 0.0472 e. The van der Waals surface area contributed by atoms with E-state index in [2.05, 4.69) is 181 Å². The highest BCUT2D eigenvalue weighted by molar-refractivity contribution is 8.33. The standard InChI is InChI=1S/C46H33NS2/c1-49(2)43-26-25-40-39-13-7-8-14-42(39)48-46(40)45(43)41-24-23-38(29-44(41)49)47(37-22-19-31-10-4-6-12-34(31)28-37)36-20-17-32(18-21-36)35-16-15-30-9-3-5-11-33(30)27-35/h3-29H,1-2H3. The third-order valence-corrected chi connectivity index (χ3v) is 14.4. The molecule has 1 nitrogen and oxygen atoms in total. The summed E-state index contributed by atoms with van der Waals surface area (Å²) in [4.78, 5) is 5.39. The lowest BCUT2D eigenvalue weighted by Crippen LogP contribution is -2.10. The van der Waals surface area contributed by atoms with Gasteiger partial charge in [-0.15, -0.1) is 11.3 Å². The fraction of sp³-hybridized carbons (Fsp3) is 0.0435. The fourth-order valence-corrected chi connectivity index (χ4v) is 11.6. The average Bonchev–Trinajstić information content (AvgIpc) is 3.64. The van der Waals surface area contributed by atoms with Crippen molar-refractivity contribution in [1.82, 2.24) is 0 Å². The molecule has 2 heterocycles. The van der Waals surface area contributed by atoms with Crippen molar-refractivity contribution in [2.75, 3.05) is 17.4 Å². The van der Waals surface area contributed by atoms with Crippen LogP contribution in [-0.2, 0) is 0 Å². The van der Waals surface area contributed by atoms with Crippen molar-refractivity contribution in [3.63, 3.8) is 0 Å². The van der Waals surface area contributed by atoms with Gasteiger partial charge < -0.3 is 4.90 Å². The highest BCUT2D eigenvalue weighted by Crippen LogP contribution is 2.69. The summed E-state index contributed by atoms with van der Waals surface area (Å²) in [5, 5.41) is 7.75. The van der Waals surface area contributed by atoms with Crippen LogP contribution in [0.2, 0.25) is 0 Å². The van der Waals surface area contributed by atoms with Crippen LogP contribution < -0.4 is 4.90 Å². The van der Waals surface area contributed by atoms with Crippen LogP contribution in [-0.4, -0.2) is 12.5 Å². The SMILES string of the molecule is CS1(C)c2cc(N(c3ccc(-c4ccc5ccccc5c4)cc3)c3ccc4ccccc4c3)ccc2-c2c1ccc1c2sc2ccccc21. The van der Waals surface area contributed by atoms with Gasteiger partial charge in [0.05, 0.1) is 0 Å². The number of rotatable bonds is 4. The van der Waals surface area contributed by atoms with Crippen LogP contribution in [0.25, 0.3) is 64.0 Å². The molecule has 0 atom stereocenters. The van der Waals surface area contributed by atoms with Gasteiger partial charge in [0, 0.05) is 52.6 Å². The van der Waals surface area contributed by atoms with Gasteiger partial charge >= 0.3 is 0 Å². The van der Waals surface area contributed by atoms with E-state index in [1.165, 1.54) is 79.4 Å². The minimum atomic E-state index is -1.23. The highest BCUT2D eigenvalue weighted by atomic mass is 32.3. The maximum absolute atomic E-state index is 2.48. The molecule has 9 aromatic rings. The monoisotopic (exact) mass is 663 g/mol. The third kappa shape index (κ3) is 4.46. The van der Waals surface area contributed by atoms with Crippen LogP contribution >= 0.6 is 21.4 Å². The van der Waals surface area contributed by atoms with Crippen LogP contribution in [0, 0.1) is 0 Å². The summed E-state index contributed by atoms with van der Waals surface area (Å²) < 4.78 is 2.78. The lowest BCUT2D eigenvalue weighted by molar-refractivity contribution is 1.27. The third-order valence-electron chi connectivity index (χ3n) is 10.3. The van der Waals surface area contributed by atoms with Gasteiger partial charge in [-0.3, -0.25) is 0 Å². The smallest absolute Gasteiger partial charge is 0.0472 e. The second kappa shape index (κ2) is 10.8. The molecule has 0 saturated heterocycles. The summed E-state index contributed by atoms with van der Waals surface area (Å²) in [5.74, 6) is 0. The lowest BCUT2D eigenvalue weighted by Gasteiger charge is -2.31. The zero-order valence-corrected chi connectivity index (χ0v) is 29.0. The molecular weight excluding hydrogens is 631 g/mol. The van der Waals surface area contributed by atoms with Crippen LogP contribution in [0.5, 0.6) is 0 Å². The zero-order valence-electron chi connectivity index (χ0n) is 27.4. The number of nitrogens with zero attached hydrogens (tertiary/aromatic N) is 1. The predicted octanol–water partition coefficient (Wildman–Crippen LogP) is 14.0. The maximum atomic E-state index is 2.48. The molecule has 1 aromatic heterocycles. The van der Waals surface area contributed by atoms with Gasteiger partial charge in [-0.1, -0.05) is 109 Å². The van der Waals surface area contributed by atoms with E-state index in [4.69, 9.17) is 0 Å². The van der Waals surface area contributed by atoms with Crippen LogP contribution in [0.15, 0.2) is 174 Å². The second-order valence-corrected chi connectivity index (χ2v) is 18.0. The first kappa shape index (κ1) is 28.6. The Balaban J connectivity index is 1.13. The van der Waals surface area contributed by atoms with Gasteiger partial charge in [0.25, 0.3) is 0 Å². The van der Waals surface area contributed by atoms with E-state index < -0.39 is 10.0 Å². The summed E-state index contributed by atoms with van der Waals surface area (Å²) in [6, 6.07) is 60.7. The molecule has 3 heteroatoms. The van der Waals surface area contributed by atoms with Crippen molar-refractivity contribution in [1.29, 1.82) is 0 Å². The Bertz CT molecular complexity index is 2750. The van der Waals surface area contributed by atoms with E-state index in [1.807, 2.05) is 11.3 Å². The lowest BCUT2D eigenvalue weighted by atomic mass is 10.0. The molecule has 0 N–H and O–H groups in total. The van der Waals surface area contributed by atoms with Crippen molar-refractivity contribution in [3.8, 4) is 22.3 Å². The summed E-state index contributed by atoms with van der Waals surface area (Å²) in [5.41, 5.74) is 8.78. The number of hydrogen-bond acceptors (Lipinski definition) is 2. The van der Waals surface area contributed by atoms with Crippen molar-refractivity contribution >= 4 is 80.1 Å². The molecule has 0 spiro atoms. The second-order valence-electron chi connectivity index (χ2n) is 13.4. The Labute approximate surface area is 292 Å². The summed E-state index contributed by atoms with van der Waals surface area (Å²) in [6.45, 7) is 0. The quantitative estimate of drug-likeness (QED) is 0.181. The first-order valence-corrected chi connectivity index (χ1v) is 20.0. The van der Waals surface area contributed by atoms with Crippen LogP contribution in [0.3, 0.4) is 0 Å². The topological polar surface area (TPSA) is 3.24 Å². The molecule has 0 fully saturated rings. The van der Waals surface area contributed by atoms with Crippen molar-refractivity contribution < 1.29 is 0 Å². The van der Waals surface area contributed by atoms with Gasteiger partial charge in [0.1, 0.15) is 0 Å². The van der Waals surface area contributed by atoms with Crippen LogP contribution in [0.4, 0.5) is 17.1 Å². The molecule has 49 heavy (non-hydrogen) atoms. The first-order valence-electron chi connectivity index (χ1n) is 16.7. The molecule has 8 aromatic carbocycles. The number of thiophene rings is 1. The number of benzene rings is 8. The summed E-state index contributed by atoms with van der Waals surface area (Å²) in [6.07, 6.45) is 4.94. The number of fused-ring (bicyclic) bond motifs is 9. The number of hydrogen-bond donors (Lipinski definition) is 0. The fourth-order valence-electron chi connectivity index (χ4n) is 7.78. The van der Waals surface area contributed by atoms with Crippen molar-refractivity contribution in [2.24, 2.45) is 0 Å². The Morgan fingerprint density at radius 2 is 1.06 bits per heavy atom. The van der Waals surface area contributed by atoms with E-state index in [0.717, 1.165) is 11.4 Å². The number of anilines is 3. The highest BCUT2D eigenvalue weighted by Gasteiger charge is 2.34. The van der Waals surface area contributed by atoms with E-state index in [1.54, 1.807) is 0 Å². The Morgan fingerprint density at radius 3 is 1.86 bits per heavy atom. The normalized spacial score (nSPS) is 13.9. The molecule has 0 amide bonds. The minimum absolute atomic E-state index is 1.15. The molecule has 0 saturated carbocycles. The molecule has 0 unspecified atom stereocenters. The van der Waals surface area contributed by atoms with Gasteiger partial charge in [0.2, 0.25) is 0 Å². The molecule has 0 radical (unpaired) electrons. The first-order chi connectivity index (χ1) is 24.0. The summed E-state index contributed by atoms with van der Waals surface area (Å²) in [7, 11) is -1.23. The Hall–Kier alpha value is -5.35. The van der Waals surface area contributed by atoms with Gasteiger partial charge in [-0.25, -0.2) is 0 Å². The van der Waals surface area contributed by atoms with E-state index in [9.17, 15) is 0 Å². The van der Waals surface area contributed by atoms with Gasteiger partial charge in [0.15, 0.2) is 0 Å². The zero-order chi connectivity index (χ0) is 32.7. The largest absolute Gasteiger partial charge is 0.310 e. The summed E-state index contributed by atoms with van der Waals surface area (Å²) >= 11 is 1.94. The Kier molecular flexibility index (Phi) is 6.33. The molecule has 1 aliphatic heterocycles. The van der Waals surface area contributed by atoms with Crippen molar-refractivity contribution in [3.05, 3.63) is 164 Å². The average molecular weight is 664 g/mol. The predicted molar refractivity (Wildman–Crippen MR) is 216 cm³/mol. The molecule has 0 aliphatic carbocycles.